The van der Waals surface area contributed by atoms with Gasteiger partial charge in [-0.15, -0.1) is 0 Å². The Hall–Kier alpha value is -2.55. The van der Waals surface area contributed by atoms with Crippen LogP contribution in [0.3, 0.4) is 0 Å². The fourth-order valence-electron chi connectivity index (χ4n) is 1.38. The molecule has 0 aliphatic heterocycles. The summed E-state index contributed by atoms with van der Waals surface area (Å²) in [7, 11) is -2.00. The first kappa shape index (κ1) is 10.2. The lowest BCUT2D eigenvalue weighted by Crippen LogP contribution is -2.15. The van der Waals surface area contributed by atoms with Crippen molar-refractivity contribution in [1.29, 1.82) is 0 Å². The second-order valence-electron chi connectivity index (χ2n) is 3.61. The summed E-state index contributed by atoms with van der Waals surface area (Å²) < 4.78 is 68.1. The van der Waals surface area contributed by atoms with Gasteiger partial charge >= 0.3 is 0 Å². The molecular weight excluding hydrogens is 296 g/mol. The van der Waals surface area contributed by atoms with Gasteiger partial charge in [-0.1, -0.05) is 0 Å². The average Bonchev–Trinajstić information content (AvgIpc) is 2.57. The van der Waals surface area contributed by atoms with Gasteiger partial charge in [0.25, 0.3) is 15.9 Å². The van der Waals surface area contributed by atoms with Crippen LogP contribution in [0.4, 0.5) is 11.5 Å². The van der Waals surface area contributed by atoms with Crippen molar-refractivity contribution in [2.24, 2.45) is 0 Å². The van der Waals surface area contributed by atoms with Gasteiger partial charge in [-0.2, -0.15) is 4.98 Å². The standard InChI is InChI=1S/C12H14N4O4S/c1-19-10-11(14-7-15-12(10)20-2)16-21(17,18)9-5-3-8(13)4-6-9/h3-7H,13H2,1-2H3,(H,14,15,16)/i3D,4D,5D,6D. The predicted molar refractivity (Wildman–Crippen MR) is 76.8 cm³/mol. The molecule has 112 valence electrons. The first-order valence-corrected chi connectivity index (χ1v) is 6.95. The highest BCUT2D eigenvalue weighted by Gasteiger charge is 2.20. The molecule has 21 heavy (non-hydrogen) atoms. The highest BCUT2D eigenvalue weighted by atomic mass is 32.2. The highest BCUT2D eigenvalue weighted by molar-refractivity contribution is 7.92. The molecule has 0 saturated heterocycles. The number of nitrogen functional groups attached to an aromatic ring is 1. The number of hydrogen-bond acceptors (Lipinski definition) is 7. The van der Waals surface area contributed by atoms with E-state index in [1.165, 1.54) is 14.2 Å². The van der Waals surface area contributed by atoms with Crippen molar-refractivity contribution >= 4 is 21.5 Å². The van der Waals surface area contributed by atoms with Crippen LogP contribution in [0.25, 0.3) is 0 Å². The molecular formula is C12H14N4O4S. The Labute approximate surface area is 127 Å². The highest BCUT2D eigenvalue weighted by Crippen LogP contribution is 2.31. The molecule has 1 aromatic carbocycles. The van der Waals surface area contributed by atoms with Crippen molar-refractivity contribution in [3.63, 3.8) is 0 Å². The van der Waals surface area contributed by atoms with E-state index < -0.39 is 44.8 Å². The minimum absolute atomic E-state index is 0.0351. The maximum Gasteiger partial charge on any atom is 0.263 e. The zero-order chi connectivity index (χ0) is 18.9. The fraction of sp³-hybridized carbons (Fsp3) is 0.167. The van der Waals surface area contributed by atoms with E-state index in [9.17, 15) is 8.42 Å². The lowest BCUT2D eigenvalue weighted by molar-refractivity contribution is 0.342. The molecule has 1 heterocycles. The van der Waals surface area contributed by atoms with Crippen LogP contribution in [0.1, 0.15) is 5.48 Å². The summed E-state index contributed by atoms with van der Waals surface area (Å²) in [6.45, 7) is 0. The van der Waals surface area contributed by atoms with Gasteiger partial charge in [-0.05, 0) is 24.2 Å². The normalized spacial score (nSPS) is 13.6. The summed E-state index contributed by atoms with van der Waals surface area (Å²) in [4.78, 5) is 6.64. The van der Waals surface area contributed by atoms with Gasteiger partial charge in [0.2, 0.25) is 5.75 Å². The number of rotatable bonds is 5. The number of anilines is 2. The van der Waals surface area contributed by atoms with Crippen molar-refractivity contribution in [2.45, 2.75) is 4.90 Å². The van der Waals surface area contributed by atoms with Crippen LogP contribution in [-0.4, -0.2) is 32.6 Å². The zero-order valence-electron chi connectivity index (χ0n) is 15.1. The monoisotopic (exact) mass is 314 g/mol. The molecule has 0 aliphatic rings. The van der Waals surface area contributed by atoms with Crippen LogP contribution in [-0.2, 0) is 10.0 Å². The molecule has 0 unspecified atom stereocenters. The minimum Gasteiger partial charge on any atom is -0.489 e. The van der Waals surface area contributed by atoms with Crippen molar-refractivity contribution < 1.29 is 23.4 Å². The van der Waals surface area contributed by atoms with Crippen LogP contribution in [0.2, 0.25) is 0 Å². The molecule has 0 aliphatic carbocycles. The molecule has 0 spiro atoms. The second-order valence-corrected chi connectivity index (χ2v) is 5.23. The Kier molecular flexibility index (Phi) is 2.84. The van der Waals surface area contributed by atoms with Crippen LogP contribution in [0, 0.1) is 0 Å². The number of nitrogens with zero attached hydrogens (tertiary/aromatic N) is 2. The molecule has 1 aromatic heterocycles. The number of nitrogens with one attached hydrogen (secondary N) is 1. The van der Waals surface area contributed by atoms with Crippen LogP contribution in [0.15, 0.2) is 35.4 Å². The number of benzene rings is 1. The summed E-state index contributed by atoms with van der Waals surface area (Å²) in [5.74, 6) is -0.436. The quantitative estimate of drug-likeness (QED) is 0.787. The minimum atomic E-state index is -4.54. The van der Waals surface area contributed by atoms with Crippen molar-refractivity contribution in [3.05, 3.63) is 30.5 Å². The fourth-order valence-corrected chi connectivity index (χ4v) is 2.26. The Balaban J connectivity index is 2.63. The van der Waals surface area contributed by atoms with Crippen molar-refractivity contribution in [3.8, 4) is 11.6 Å². The Morgan fingerprint density at radius 1 is 1.19 bits per heavy atom. The van der Waals surface area contributed by atoms with E-state index in [1.807, 2.05) is 0 Å². The van der Waals surface area contributed by atoms with Gasteiger partial charge in [0.1, 0.15) is 6.33 Å². The van der Waals surface area contributed by atoms with Gasteiger partial charge in [-0.25, -0.2) is 13.4 Å². The van der Waals surface area contributed by atoms with E-state index in [0.29, 0.717) is 0 Å². The summed E-state index contributed by atoms with van der Waals surface area (Å²) in [5.41, 5.74) is 5.00. The lowest BCUT2D eigenvalue weighted by atomic mass is 10.3. The van der Waals surface area contributed by atoms with Crippen molar-refractivity contribution in [2.75, 3.05) is 24.7 Å². The summed E-state index contributed by atoms with van der Waals surface area (Å²) in [5, 5.41) is 0. The molecule has 8 nitrogen and oxygen atoms in total. The third-order valence-electron chi connectivity index (χ3n) is 2.29. The van der Waals surface area contributed by atoms with Gasteiger partial charge in [-0.3, -0.25) is 4.72 Å². The van der Waals surface area contributed by atoms with E-state index in [4.69, 9.17) is 20.7 Å². The second kappa shape index (κ2) is 5.83. The third-order valence-corrected chi connectivity index (χ3v) is 3.49. The van der Waals surface area contributed by atoms with E-state index >= 15 is 0 Å². The first-order valence-electron chi connectivity index (χ1n) is 7.47. The maximum atomic E-state index is 12.6. The molecule has 0 amide bonds. The summed E-state index contributed by atoms with van der Waals surface area (Å²) in [6, 6.07) is -2.92. The Morgan fingerprint density at radius 3 is 2.43 bits per heavy atom. The van der Waals surface area contributed by atoms with E-state index in [0.717, 1.165) is 6.33 Å². The summed E-state index contributed by atoms with van der Waals surface area (Å²) >= 11 is 0. The van der Waals surface area contributed by atoms with Crippen LogP contribution in [0.5, 0.6) is 11.6 Å². The number of methoxy groups -OCH3 is 2. The number of nitrogens with two attached hydrogens (primary N) is 1. The lowest BCUT2D eigenvalue weighted by Gasteiger charge is -2.12. The molecule has 9 heteroatoms. The van der Waals surface area contributed by atoms with Gasteiger partial charge in [0.05, 0.1) is 24.6 Å². The number of hydrogen-bond donors (Lipinski definition) is 2. The molecule has 2 aromatic rings. The van der Waals surface area contributed by atoms with Gasteiger partial charge < -0.3 is 15.2 Å². The third kappa shape index (κ3) is 3.14. The molecule has 0 fully saturated rings. The number of sulfonamides is 1. The molecule has 0 atom stereocenters. The molecule has 0 saturated carbocycles. The summed E-state index contributed by atoms with van der Waals surface area (Å²) in [6.07, 6.45) is 1.03. The number of ether oxygens (including phenoxy) is 2. The Bertz CT molecular complexity index is 910. The molecule has 0 bridgehead atoms. The number of aromatic nitrogens is 2. The Morgan fingerprint density at radius 2 is 1.86 bits per heavy atom. The van der Waals surface area contributed by atoms with E-state index in [1.54, 1.807) is 0 Å². The van der Waals surface area contributed by atoms with Gasteiger partial charge in [0.15, 0.2) is 5.82 Å². The maximum absolute atomic E-state index is 12.6. The van der Waals surface area contributed by atoms with E-state index in [-0.39, 0.29) is 17.4 Å². The van der Waals surface area contributed by atoms with Crippen LogP contribution < -0.4 is 19.9 Å². The molecule has 3 N–H and O–H groups in total. The average molecular weight is 314 g/mol. The smallest absolute Gasteiger partial charge is 0.263 e. The van der Waals surface area contributed by atoms with Gasteiger partial charge in [0, 0.05) is 5.69 Å². The largest absolute Gasteiger partial charge is 0.489 e. The van der Waals surface area contributed by atoms with E-state index in [2.05, 4.69) is 14.7 Å². The molecule has 0 radical (unpaired) electrons. The predicted octanol–water partition coefficient (Wildman–Crippen LogP) is 0.877. The zero-order valence-corrected chi connectivity index (χ0v) is 11.9. The topological polar surface area (TPSA) is 116 Å². The van der Waals surface area contributed by atoms with Crippen LogP contribution >= 0.6 is 0 Å². The van der Waals surface area contributed by atoms with Crippen molar-refractivity contribution in [1.82, 2.24) is 9.97 Å². The SMILES string of the molecule is [2H]c1c([2H])c(S(=O)(=O)Nc2ncnc(OC)c2OC)c([2H])c([2H])c1N. The first-order chi connectivity index (χ1) is 11.7. The molecule has 2 rings (SSSR count).